The molecular weight excluding hydrogens is 411 g/mol. The Morgan fingerprint density at radius 1 is 0.818 bits per heavy atom. The Hall–Kier alpha value is -0.460. The van der Waals surface area contributed by atoms with Gasteiger partial charge in [0.2, 0.25) is 0 Å². The molecule has 0 atom stereocenters. The van der Waals surface area contributed by atoms with Crippen molar-refractivity contribution in [2.45, 2.75) is 6.18 Å². The number of benzene rings is 1. The minimum atomic E-state index is -4.99. The maximum Gasteiger partial charge on any atom is 0.436 e. The van der Waals surface area contributed by atoms with Gasteiger partial charge in [-0.3, -0.25) is 0 Å². The molecule has 10 heteroatoms. The molecule has 0 aliphatic carbocycles. The third-order valence-corrected chi connectivity index (χ3v) is 4.91. The van der Waals surface area contributed by atoms with Crippen molar-refractivity contribution in [1.29, 1.82) is 0 Å². The van der Waals surface area contributed by atoms with Crippen molar-refractivity contribution in [1.82, 2.24) is 4.98 Å². The van der Waals surface area contributed by atoms with Gasteiger partial charge in [0.25, 0.3) is 0 Å². The first-order valence-electron chi connectivity index (χ1n) is 5.30. The summed E-state index contributed by atoms with van der Waals surface area (Å²) in [6.07, 6.45) is -4.22. The van der Waals surface area contributed by atoms with Crippen LogP contribution < -0.4 is 0 Å². The molecule has 2 aromatic rings. The summed E-state index contributed by atoms with van der Waals surface area (Å²) < 4.78 is 52.3. The number of rotatable bonds is 1. The van der Waals surface area contributed by atoms with E-state index in [1.807, 2.05) is 0 Å². The van der Waals surface area contributed by atoms with Gasteiger partial charge < -0.3 is 0 Å². The van der Waals surface area contributed by atoms with Crippen LogP contribution in [0.4, 0.5) is 17.6 Å². The quantitative estimate of drug-likeness (QED) is 0.274. The van der Waals surface area contributed by atoms with E-state index >= 15 is 0 Å². The molecule has 1 nitrogen and oxygen atoms in total. The van der Waals surface area contributed by atoms with Crippen LogP contribution in [0.3, 0.4) is 0 Å². The molecule has 0 fully saturated rings. The number of nitrogens with zero attached hydrogens (tertiary/aromatic N) is 1. The van der Waals surface area contributed by atoms with Crippen LogP contribution in [0.1, 0.15) is 5.69 Å². The van der Waals surface area contributed by atoms with Crippen LogP contribution in [0.15, 0.2) is 12.3 Å². The molecule has 118 valence electrons. The first-order valence-corrected chi connectivity index (χ1v) is 7.19. The lowest BCUT2D eigenvalue weighted by Crippen LogP contribution is -2.11. The SMILES string of the molecule is Fc1c(-c2c(Cl)c(Cl)c(Cl)c(Cl)c2Cl)ccnc1C(F)(F)F. The van der Waals surface area contributed by atoms with Crippen molar-refractivity contribution in [2.75, 3.05) is 0 Å². The monoisotopic (exact) mass is 411 g/mol. The molecule has 0 radical (unpaired) electrons. The number of hydrogen-bond acceptors (Lipinski definition) is 1. The number of alkyl halides is 3. The number of hydrogen-bond donors (Lipinski definition) is 0. The van der Waals surface area contributed by atoms with Gasteiger partial charge in [0.1, 0.15) is 0 Å². The largest absolute Gasteiger partial charge is 0.436 e. The van der Waals surface area contributed by atoms with E-state index in [-0.39, 0.29) is 30.7 Å². The first-order chi connectivity index (χ1) is 10.1. The first kappa shape index (κ1) is 17.9. The average Bonchev–Trinajstić information content (AvgIpc) is 2.43. The maximum absolute atomic E-state index is 14.2. The van der Waals surface area contributed by atoms with Crippen LogP contribution in [-0.4, -0.2) is 4.98 Å². The van der Waals surface area contributed by atoms with Gasteiger partial charge in [-0.25, -0.2) is 9.37 Å². The molecule has 0 saturated heterocycles. The van der Waals surface area contributed by atoms with Crippen molar-refractivity contribution in [3.05, 3.63) is 48.9 Å². The van der Waals surface area contributed by atoms with Crippen molar-refractivity contribution < 1.29 is 17.6 Å². The van der Waals surface area contributed by atoms with Crippen LogP contribution in [0, 0.1) is 5.82 Å². The zero-order valence-electron chi connectivity index (χ0n) is 10.0. The fourth-order valence-corrected chi connectivity index (χ4v) is 3.02. The molecule has 2 rings (SSSR count). The highest BCUT2D eigenvalue weighted by atomic mass is 35.5. The van der Waals surface area contributed by atoms with Crippen molar-refractivity contribution >= 4 is 58.0 Å². The van der Waals surface area contributed by atoms with Gasteiger partial charge in [0.05, 0.1) is 25.1 Å². The Labute approximate surface area is 146 Å². The van der Waals surface area contributed by atoms with Gasteiger partial charge in [0.15, 0.2) is 11.5 Å². The fraction of sp³-hybridized carbons (Fsp3) is 0.0833. The van der Waals surface area contributed by atoms with Gasteiger partial charge in [-0.1, -0.05) is 58.0 Å². The van der Waals surface area contributed by atoms with Crippen LogP contribution in [0.25, 0.3) is 11.1 Å². The van der Waals surface area contributed by atoms with Crippen LogP contribution in [0.2, 0.25) is 25.1 Å². The number of pyridine rings is 1. The van der Waals surface area contributed by atoms with Crippen molar-refractivity contribution in [2.24, 2.45) is 0 Å². The van der Waals surface area contributed by atoms with Gasteiger partial charge >= 0.3 is 6.18 Å². The van der Waals surface area contributed by atoms with Crippen LogP contribution in [0.5, 0.6) is 0 Å². The van der Waals surface area contributed by atoms with Gasteiger partial charge in [-0.05, 0) is 6.07 Å². The Morgan fingerprint density at radius 2 is 1.27 bits per heavy atom. The summed E-state index contributed by atoms with van der Waals surface area (Å²) in [4.78, 5) is 2.98. The highest BCUT2D eigenvalue weighted by molar-refractivity contribution is 6.56. The predicted molar refractivity (Wildman–Crippen MR) is 79.7 cm³/mol. The molecule has 0 spiro atoms. The summed E-state index contributed by atoms with van der Waals surface area (Å²) in [6.45, 7) is 0. The second-order valence-corrected chi connectivity index (χ2v) is 5.85. The Bertz CT molecular complexity index is 731. The lowest BCUT2D eigenvalue weighted by molar-refractivity contribution is -0.143. The normalized spacial score (nSPS) is 11.9. The molecule has 1 aromatic carbocycles. The molecule has 22 heavy (non-hydrogen) atoms. The zero-order chi connectivity index (χ0) is 16.8. The lowest BCUT2D eigenvalue weighted by Gasteiger charge is -2.15. The van der Waals surface area contributed by atoms with E-state index in [1.54, 1.807) is 0 Å². The molecule has 0 bridgehead atoms. The molecule has 0 aliphatic rings. The molecule has 0 amide bonds. The second-order valence-electron chi connectivity index (χ2n) is 3.96. The minimum Gasteiger partial charge on any atom is -0.249 e. The Morgan fingerprint density at radius 3 is 1.73 bits per heavy atom. The third-order valence-electron chi connectivity index (χ3n) is 2.64. The second kappa shape index (κ2) is 6.21. The highest BCUT2D eigenvalue weighted by Gasteiger charge is 2.37. The summed E-state index contributed by atoms with van der Waals surface area (Å²) in [5.74, 6) is -1.65. The standard InChI is InChI=1S/C12H2Cl5F4N/c13-5-4(6(14)8(16)9(17)7(5)15)3-1-2-22-11(10(3)18)12(19,20)21/h1-2H. The molecule has 0 aliphatic heterocycles. The average molecular weight is 413 g/mol. The summed E-state index contributed by atoms with van der Waals surface area (Å²) >= 11 is 29.3. The molecule has 1 aromatic heterocycles. The van der Waals surface area contributed by atoms with Crippen LogP contribution >= 0.6 is 58.0 Å². The minimum absolute atomic E-state index is 0.187. The van der Waals surface area contributed by atoms with E-state index in [0.29, 0.717) is 0 Å². The summed E-state index contributed by atoms with van der Waals surface area (Å²) in [6, 6.07) is 0.970. The van der Waals surface area contributed by atoms with Crippen LogP contribution in [-0.2, 0) is 6.18 Å². The van der Waals surface area contributed by atoms with Crippen molar-refractivity contribution in [3.8, 4) is 11.1 Å². The smallest absolute Gasteiger partial charge is 0.249 e. The maximum atomic E-state index is 14.2. The van der Waals surface area contributed by atoms with Gasteiger partial charge in [-0.15, -0.1) is 0 Å². The highest BCUT2D eigenvalue weighted by Crippen LogP contribution is 2.49. The summed E-state index contributed by atoms with van der Waals surface area (Å²) in [5.41, 5.74) is -2.55. The number of aromatic nitrogens is 1. The third kappa shape index (κ3) is 2.97. The molecule has 0 saturated carbocycles. The Kier molecular flexibility index (Phi) is 5.05. The van der Waals surface area contributed by atoms with Crippen molar-refractivity contribution in [3.63, 3.8) is 0 Å². The summed E-state index contributed by atoms with van der Waals surface area (Å²) in [5, 5.41) is -1.33. The van der Waals surface area contributed by atoms with E-state index in [1.165, 1.54) is 0 Å². The van der Waals surface area contributed by atoms with Gasteiger partial charge in [0, 0.05) is 17.3 Å². The predicted octanol–water partition coefficient (Wildman–Crippen LogP) is 7.17. The molecular formula is C12H2Cl5F4N. The molecule has 1 heterocycles. The zero-order valence-corrected chi connectivity index (χ0v) is 13.8. The van der Waals surface area contributed by atoms with E-state index in [4.69, 9.17) is 58.0 Å². The van der Waals surface area contributed by atoms with E-state index < -0.39 is 23.3 Å². The van der Waals surface area contributed by atoms with E-state index in [9.17, 15) is 17.6 Å². The number of halogens is 9. The van der Waals surface area contributed by atoms with E-state index in [0.717, 1.165) is 12.3 Å². The van der Waals surface area contributed by atoms with E-state index in [2.05, 4.69) is 4.98 Å². The Balaban J connectivity index is 2.85. The fourth-order valence-electron chi connectivity index (χ4n) is 1.68. The van der Waals surface area contributed by atoms with Gasteiger partial charge in [-0.2, -0.15) is 13.2 Å². The summed E-state index contributed by atoms with van der Waals surface area (Å²) in [7, 11) is 0. The molecule has 0 unspecified atom stereocenters. The topological polar surface area (TPSA) is 12.9 Å². The molecule has 0 N–H and O–H groups in total. The lowest BCUT2D eigenvalue weighted by atomic mass is 10.0.